The standard InChI is InChI=1S/C17H25F2NO5S/c1-3-5-11-20(12-6-4-2)15-9-7-14(8-10-15)16(21)25-13-17(18,19)26(22,23)24/h7-10H,3-6,11-13H2,1-2H3,(H,22,23,24)/p-1. The Kier molecular flexibility index (Phi) is 8.42. The molecule has 0 aromatic heterocycles. The lowest BCUT2D eigenvalue weighted by Crippen LogP contribution is -2.34. The summed E-state index contributed by atoms with van der Waals surface area (Å²) in [7, 11) is -5.88. The molecule has 0 aliphatic rings. The highest BCUT2D eigenvalue weighted by Crippen LogP contribution is 2.22. The number of hydrogen-bond donors (Lipinski definition) is 0. The Hall–Kier alpha value is -1.74. The van der Waals surface area contributed by atoms with E-state index in [1.165, 1.54) is 12.1 Å². The number of hydrogen-bond acceptors (Lipinski definition) is 6. The van der Waals surface area contributed by atoms with Gasteiger partial charge in [-0.15, -0.1) is 0 Å². The molecule has 0 radical (unpaired) electrons. The SMILES string of the molecule is CCCCN(CCCC)c1ccc(C(=O)OCC(F)(F)S(=O)(=O)[O-])cc1. The van der Waals surface area contributed by atoms with Crippen molar-refractivity contribution in [1.29, 1.82) is 0 Å². The monoisotopic (exact) mass is 392 g/mol. The molecule has 0 amide bonds. The van der Waals surface area contributed by atoms with Crippen LogP contribution in [0.15, 0.2) is 24.3 Å². The van der Waals surface area contributed by atoms with E-state index >= 15 is 0 Å². The van der Waals surface area contributed by atoms with Gasteiger partial charge in [-0.3, -0.25) is 0 Å². The van der Waals surface area contributed by atoms with Crippen LogP contribution in [0.25, 0.3) is 0 Å². The van der Waals surface area contributed by atoms with E-state index in [4.69, 9.17) is 0 Å². The third kappa shape index (κ3) is 6.53. The molecule has 1 aromatic rings. The van der Waals surface area contributed by atoms with Gasteiger partial charge in [0.15, 0.2) is 16.7 Å². The van der Waals surface area contributed by atoms with Crippen molar-refractivity contribution >= 4 is 21.8 Å². The lowest BCUT2D eigenvalue weighted by molar-refractivity contribution is -0.00996. The first-order valence-electron chi connectivity index (χ1n) is 8.47. The molecule has 0 spiro atoms. The average molecular weight is 392 g/mol. The van der Waals surface area contributed by atoms with Crippen LogP contribution < -0.4 is 4.90 Å². The van der Waals surface area contributed by atoms with Gasteiger partial charge in [-0.1, -0.05) is 26.7 Å². The predicted molar refractivity (Wildman–Crippen MR) is 93.4 cm³/mol. The van der Waals surface area contributed by atoms with E-state index in [0.717, 1.165) is 44.5 Å². The molecular formula is C17H24F2NO5S-. The summed E-state index contributed by atoms with van der Waals surface area (Å²) in [6.07, 6.45) is 4.13. The summed E-state index contributed by atoms with van der Waals surface area (Å²) in [5.74, 6) is -1.12. The maximum absolute atomic E-state index is 13.0. The molecule has 0 bridgehead atoms. The van der Waals surface area contributed by atoms with Crippen molar-refractivity contribution < 1.29 is 31.3 Å². The van der Waals surface area contributed by atoms with Crippen molar-refractivity contribution in [2.45, 2.75) is 44.8 Å². The van der Waals surface area contributed by atoms with E-state index < -0.39 is 27.9 Å². The molecule has 0 saturated carbocycles. The first kappa shape index (κ1) is 22.3. The number of benzene rings is 1. The molecule has 0 fully saturated rings. The molecule has 0 unspecified atom stereocenters. The van der Waals surface area contributed by atoms with E-state index in [0.29, 0.717) is 0 Å². The van der Waals surface area contributed by atoms with Gasteiger partial charge in [0.25, 0.3) is 0 Å². The van der Waals surface area contributed by atoms with Gasteiger partial charge >= 0.3 is 11.2 Å². The summed E-state index contributed by atoms with van der Waals surface area (Å²) in [5, 5.41) is -4.65. The van der Waals surface area contributed by atoms with Crippen LogP contribution in [0.1, 0.15) is 49.9 Å². The Bertz CT molecular complexity index is 669. The van der Waals surface area contributed by atoms with Crippen LogP contribution in [0.2, 0.25) is 0 Å². The highest BCUT2D eigenvalue weighted by molar-refractivity contribution is 7.86. The van der Waals surface area contributed by atoms with Gasteiger partial charge in [0.1, 0.15) is 0 Å². The number of rotatable bonds is 11. The molecule has 148 valence electrons. The molecule has 26 heavy (non-hydrogen) atoms. The number of esters is 1. The van der Waals surface area contributed by atoms with Crippen molar-refractivity contribution in [3.63, 3.8) is 0 Å². The van der Waals surface area contributed by atoms with Crippen molar-refractivity contribution in [3.05, 3.63) is 29.8 Å². The van der Waals surface area contributed by atoms with Gasteiger partial charge in [0.05, 0.1) is 5.56 Å². The van der Waals surface area contributed by atoms with E-state index in [1.54, 1.807) is 12.1 Å². The number of ether oxygens (including phenoxy) is 1. The minimum Gasteiger partial charge on any atom is -0.743 e. The summed E-state index contributed by atoms with van der Waals surface area (Å²) < 4.78 is 61.5. The number of halogens is 2. The molecule has 0 heterocycles. The largest absolute Gasteiger partial charge is 0.743 e. The van der Waals surface area contributed by atoms with Crippen molar-refractivity contribution in [1.82, 2.24) is 0 Å². The van der Waals surface area contributed by atoms with Gasteiger partial charge in [-0.2, -0.15) is 8.78 Å². The fourth-order valence-electron chi connectivity index (χ4n) is 2.18. The number of carbonyl (C=O) groups excluding carboxylic acids is 1. The zero-order valence-electron chi connectivity index (χ0n) is 14.9. The molecule has 0 aliphatic carbocycles. The van der Waals surface area contributed by atoms with Crippen molar-refractivity contribution in [2.75, 3.05) is 24.6 Å². The van der Waals surface area contributed by atoms with Crippen LogP contribution in [0.5, 0.6) is 0 Å². The van der Waals surface area contributed by atoms with Gasteiger partial charge in [0.2, 0.25) is 0 Å². The topological polar surface area (TPSA) is 86.7 Å². The normalized spacial score (nSPS) is 12.0. The highest BCUT2D eigenvalue weighted by atomic mass is 32.2. The van der Waals surface area contributed by atoms with Crippen LogP contribution in [-0.2, 0) is 14.9 Å². The Balaban J connectivity index is 2.76. The maximum Gasteiger partial charge on any atom is 0.367 e. The maximum atomic E-state index is 13.0. The predicted octanol–water partition coefficient (Wildman–Crippen LogP) is 3.39. The highest BCUT2D eigenvalue weighted by Gasteiger charge is 2.39. The second-order valence-electron chi connectivity index (χ2n) is 5.91. The van der Waals surface area contributed by atoms with E-state index in [2.05, 4.69) is 23.5 Å². The Morgan fingerprint density at radius 1 is 1.12 bits per heavy atom. The molecule has 1 rings (SSSR count). The number of nitrogens with zero attached hydrogens (tertiary/aromatic N) is 1. The second kappa shape index (κ2) is 9.82. The lowest BCUT2D eigenvalue weighted by atomic mass is 10.1. The minimum atomic E-state index is -5.88. The van der Waals surface area contributed by atoms with Crippen molar-refractivity contribution in [2.24, 2.45) is 0 Å². The van der Waals surface area contributed by atoms with Gasteiger partial charge in [-0.25, -0.2) is 13.2 Å². The van der Waals surface area contributed by atoms with Crippen LogP contribution in [0, 0.1) is 0 Å². The lowest BCUT2D eigenvalue weighted by Gasteiger charge is -2.25. The fraction of sp³-hybridized carbons (Fsp3) is 0.588. The molecule has 0 aliphatic heterocycles. The van der Waals surface area contributed by atoms with Crippen molar-refractivity contribution in [3.8, 4) is 0 Å². The van der Waals surface area contributed by atoms with E-state index in [1.807, 2.05) is 0 Å². The summed E-state index contributed by atoms with van der Waals surface area (Å²) in [6.45, 7) is 4.12. The summed E-state index contributed by atoms with van der Waals surface area (Å²) >= 11 is 0. The Morgan fingerprint density at radius 3 is 2.04 bits per heavy atom. The Morgan fingerprint density at radius 2 is 1.62 bits per heavy atom. The van der Waals surface area contributed by atoms with E-state index in [-0.39, 0.29) is 5.56 Å². The third-order valence-electron chi connectivity index (χ3n) is 3.77. The minimum absolute atomic E-state index is 0.00113. The Labute approximate surface area is 152 Å². The number of anilines is 1. The number of carbonyl (C=O) groups is 1. The number of alkyl halides is 2. The van der Waals surface area contributed by atoms with Gasteiger partial charge in [-0.05, 0) is 37.1 Å². The molecule has 6 nitrogen and oxygen atoms in total. The zero-order chi connectivity index (χ0) is 19.8. The summed E-state index contributed by atoms with van der Waals surface area (Å²) in [6, 6.07) is 6.22. The van der Waals surface area contributed by atoms with Gasteiger partial charge in [0, 0.05) is 18.8 Å². The number of unbranched alkanes of at least 4 members (excludes halogenated alkanes) is 2. The second-order valence-corrected chi connectivity index (χ2v) is 7.41. The quantitative estimate of drug-likeness (QED) is 0.424. The summed E-state index contributed by atoms with van der Waals surface area (Å²) in [5.41, 5.74) is 0.898. The van der Waals surface area contributed by atoms with Crippen LogP contribution in [0.4, 0.5) is 14.5 Å². The molecule has 0 N–H and O–H groups in total. The average Bonchev–Trinajstić information content (AvgIpc) is 2.59. The zero-order valence-corrected chi connectivity index (χ0v) is 15.7. The fourth-order valence-corrected chi connectivity index (χ4v) is 2.38. The smallest absolute Gasteiger partial charge is 0.367 e. The van der Waals surface area contributed by atoms with Crippen LogP contribution in [0.3, 0.4) is 0 Å². The van der Waals surface area contributed by atoms with E-state index in [9.17, 15) is 26.5 Å². The molecule has 9 heteroatoms. The van der Waals surface area contributed by atoms with Gasteiger partial charge < -0.3 is 14.2 Å². The summed E-state index contributed by atoms with van der Waals surface area (Å²) in [4.78, 5) is 14.0. The first-order valence-corrected chi connectivity index (χ1v) is 9.88. The molecule has 0 saturated heterocycles. The van der Waals surface area contributed by atoms with Crippen LogP contribution >= 0.6 is 0 Å². The molecule has 1 aromatic carbocycles. The molecule has 0 atom stereocenters. The first-order chi connectivity index (χ1) is 12.1. The molecular weight excluding hydrogens is 368 g/mol. The van der Waals surface area contributed by atoms with Crippen LogP contribution in [-0.4, -0.2) is 43.9 Å². The third-order valence-corrected chi connectivity index (χ3v) is 4.62.